The van der Waals surface area contributed by atoms with Crippen LogP contribution in [0.2, 0.25) is 0 Å². The Labute approximate surface area is 143 Å². The number of benzene rings is 1. The highest BCUT2D eigenvalue weighted by Crippen LogP contribution is 2.22. The number of fused-ring (bicyclic) bond motifs is 1. The van der Waals surface area contributed by atoms with E-state index in [-0.39, 0.29) is 11.5 Å². The number of H-pyrrole nitrogens is 1. The normalized spacial score (nSPS) is 10.9. The van der Waals surface area contributed by atoms with E-state index >= 15 is 0 Å². The quantitative estimate of drug-likeness (QED) is 0.576. The number of carbonyl (C=O) groups is 2. The maximum absolute atomic E-state index is 11.9. The molecule has 2 heterocycles. The van der Waals surface area contributed by atoms with E-state index in [1.807, 2.05) is 6.07 Å². The zero-order valence-corrected chi connectivity index (χ0v) is 13.6. The summed E-state index contributed by atoms with van der Waals surface area (Å²) in [6, 6.07) is 5.18. The Hall–Kier alpha value is -3.16. The summed E-state index contributed by atoms with van der Waals surface area (Å²) in [6.45, 7) is 1.17. The lowest BCUT2D eigenvalue weighted by molar-refractivity contribution is -0.121. The third-order valence-corrected chi connectivity index (χ3v) is 4.01. The minimum atomic E-state index is -0.959. The smallest absolute Gasteiger partial charge is 0.337 e. The summed E-state index contributed by atoms with van der Waals surface area (Å²) in [5, 5.41) is 17.0. The van der Waals surface area contributed by atoms with E-state index in [0.29, 0.717) is 37.9 Å². The second-order valence-corrected chi connectivity index (χ2v) is 5.71. The summed E-state index contributed by atoms with van der Waals surface area (Å²) in [6.07, 6.45) is 6.66. The highest BCUT2D eigenvalue weighted by molar-refractivity contribution is 6.03. The van der Waals surface area contributed by atoms with Gasteiger partial charge in [-0.2, -0.15) is 5.10 Å². The van der Waals surface area contributed by atoms with Crippen molar-refractivity contribution in [2.45, 2.75) is 25.8 Å². The first kappa shape index (κ1) is 16.7. The maximum Gasteiger partial charge on any atom is 0.337 e. The summed E-state index contributed by atoms with van der Waals surface area (Å²) in [4.78, 5) is 30.0. The number of carboxylic acids is 1. The van der Waals surface area contributed by atoms with Crippen LogP contribution in [0.25, 0.3) is 10.9 Å². The lowest BCUT2D eigenvalue weighted by Crippen LogP contribution is -2.25. The van der Waals surface area contributed by atoms with Gasteiger partial charge in [-0.15, -0.1) is 0 Å². The third kappa shape index (κ3) is 4.03. The van der Waals surface area contributed by atoms with Gasteiger partial charge >= 0.3 is 5.97 Å². The van der Waals surface area contributed by atoms with Gasteiger partial charge in [0.05, 0.1) is 11.1 Å². The van der Waals surface area contributed by atoms with Crippen molar-refractivity contribution in [2.24, 2.45) is 0 Å². The Morgan fingerprint density at radius 1 is 1.32 bits per heavy atom. The molecule has 0 fully saturated rings. The molecule has 0 radical (unpaired) electrons. The first-order valence-electron chi connectivity index (χ1n) is 8.06. The van der Waals surface area contributed by atoms with E-state index in [1.54, 1.807) is 29.3 Å². The topological polar surface area (TPSA) is 113 Å². The number of hydrogen-bond acceptors (Lipinski definition) is 4. The second-order valence-electron chi connectivity index (χ2n) is 5.71. The molecule has 0 saturated carbocycles. The van der Waals surface area contributed by atoms with E-state index in [2.05, 4.69) is 20.4 Å². The molecule has 25 heavy (non-hydrogen) atoms. The zero-order valence-electron chi connectivity index (χ0n) is 13.6. The standard InChI is InChI=1S/C17H19N5O3/c23-15(5-2-8-22-11-18-10-21-22)19-7-6-12-9-20-16-13(12)3-1-4-14(16)17(24)25/h1,3-4,9-11,20H,2,5-8H2,(H,19,23)(H,24,25). The fourth-order valence-corrected chi connectivity index (χ4v) is 2.77. The molecule has 1 amide bonds. The Bertz CT molecular complexity index is 870. The number of carbonyl (C=O) groups excluding carboxylic acids is 1. The lowest BCUT2D eigenvalue weighted by Gasteiger charge is -2.05. The first-order valence-corrected chi connectivity index (χ1v) is 8.06. The molecule has 0 aliphatic carbocycles. The summed E-state index contributed by atoms with van der Waals surface area (Å²) < 4.78 is 1.69. The van der Waals surface area contributed by atoms with Crippen molar-refractivity contribution in [3.05, 3.63) is 48.2 Å². The molecule has 8 heteroatoms. The summed E-state index contributed by atoms with van der Waals surface area (Å²) in [5.41, 5.74) is 1.85. The monoisotopic (exact) mass is 341 g/mol. The number of aromatic amines is 1. The lowest BCUT2D eigenvalue weighted by atomic mass is 10.1. The first-order chi connectivity index (χ1) is 12.1. The van der Waals surface area contributed by atoms with Gasteiger partial charge in [-0.25, -0.2) is 9.78 Å². The van der Waals surface area contributed by atoms with Gasteiger partial charge in [0, 0.05) is 31.1 Å². The van der Waals surface area contributed by atoms with E-state index < -0.39 is 5.97 Å². The van der Waals surface area contributed by atoms with Gasteiger partial charge in [0.15, 0.2) is 0 Å². The molecule has 0 aliphatic heterocycles. The molecular formula is C17H19N5O3. The van der Waals surface area contributed by atoms with E-state index in [4.69, 9.17) is 0 Å². The van der Waals surface area contributed by atoms with Crippen LogP contribution in [0.3, 0.4) is 0 Å². The number of aromatic carboxylic acids is 1. The van der Waals surface area contributed by atoms with E-state index in [1.165, 1.54) is 6.33 Å². The zero-order chi connectivity index (χ0) is 17.6. The van der Waals surface area contributed by atoms with Gasteiger partial charge in [0.25, 0.3) is 0 Å². The molecule has 0 saturated heterocycles. The van der Waals surface area contributed by atoms with Gasteiger partial charge in [-0.3, -0.25) is 9.48 Å². The number of aryl methyl sites for hydroxylation is 1. The molecule has 3 N–H and O–H groups in total. The second kappa shape index (κ2) is 7.61. The molecule has 0 aliphatic rings. The SMILES string of the molecule is O=C(CCCn1cncn1)NCCc1c[nH]c2c(C(=O)O)cccc12. The molecule has 3 aromatic rings. The van der Waals surface area contributed by atoms with Gasteiger partial charge in [0.1, 0.15) is 12.7 Å². The number of amides is 1. The van der Waals surface area contributed by atoms with Gasteiger partial charge in [-0.1, -0.05) is 12.1 Å². The highest BCUT2D eigenvalue weighted by atomic mass is 16.4. The minimum absolute atomic E-state index is 0.00817. The number of nitrogens with zero attached hydrogens (tertiary/aromatic N) is 3. The van der Waals surface area contributed by atoms with Crippen LogP contribution in [0.1, 0.15) is 28.8 Å². The Balaban J connectivity index is 1.49. The number of carboxylic acid groups (broad SMARTS) is 1. The number of nitrogens with one attached hydrogen (secondary N) is 2. The summed E-state index contributed by atoms with van der Waals surface area (Å²) >= 11 is 0. The predicted molar refractivity (Wildman–Crippen MR) is 91.2 cm³/mol. The van der Waals surface area contributed by atoms with Crippen molar-refractivity contribution in [1.29, 1.82) is 0 Å². The molecule has 130 valence electrons. The van der Waals surface area contributed by atoms with Gasteiger partial charge in [0.2, 0.25) is 5.91 Å². The van der Waals surface area contributed by atoms with Crippen molar-refractivity contribution in [3.63, 3.8) is 0 Å². The average Bonchev–Trinajstić information content (AvgIpc) is 3.24. The van der Waals surface area contributed by atoms with Crippen molar-refractivity contribution < 1.29 is 14.7 Å². The van der Waals surface area contributed by atoms with Crippen molar-refractivity contribution in [2.75, 3.05) is 6.54 Å². The van der Waals surface area contributed by atoms with E-state index in [0.717, 1.165) is 10.9 Å². The van der Waals surface area contributed by atoms with Crippen LogP contribution in [0.5, 0.6) is 0 Å². The van der Waals surface area contributed by atoms with Crippen molar-refractivity contribution >= 4 is 22.8 Å². The Morgan fingerprint density at radius 3 is 2.96 bits per heavy atom. The van der Waals surface area contributed by atoms with Crippen molar-refractivity contribution in [1.82, 2.24) is 25.1 Å². The van der Waals surface area contributed by atoms with Crippen LogP contribution in [0.4, 0.5) is 0 Å². The number of aromatic nitrogens is 4. The van der Waals surface area contributed by atoms with E-state index in [9.17, 15) is 14.7 Å². The molecule has 2 aromatic heterocycles. The van der Waals surface area contributed by atoms with Crippen LogP contribution in [0.15, 0.2) is 37.1 Å². The van der Waals surface area contributed by atoms with Crippen LogP contribution >= 0.6 is 0 Å². The fourth-order valence-electron chi connectivity index (χ4n) is 2.77. The molecular weight excluding hydrogens is 322 g/mol. The number of para-hydroxylation sites is 1. The van der Waals surface area contributed by atoms with Gasteiger partial charge < -0.3 is 15.4 Å². The average molecular weight is 341 g/mol. The molecule has 1 aromatic carbocycles. The van der Waals surface area contributed by atoms with Crippen LogP contribution < -0.4 is 5.32 Å². The Kier molecular flexibility index (Phi) is 5.08. The number of rotatable bonds is 8. The molecule has 0 spiro atoms. The summed E-state index contributed by atoms with van der Waals surface area (Å²) in [5.74, 6) is -0.967. The third-order valence-electron chi connectivity index (χ3n) is 4.01. The largest absolute Gasteiger partial charge is 0.478 e. The van der Waals surface area contributed by atoms with Crippen LogP contribution in [-0.2, 0) is 17.8 Å². The fraction of sp³-hybridized carbons (Fsp3) is 0.294. The summed E-state index contributed by atoms with van der Waals surface area (Å²) in [7, 11) is 0. The minimum Gasteiger partial charge on any atom is -0.478 e. The number of hydrogen-bond donors (Lipinski definition) is 3. The maximum atomic E-state index is 11.9. The van der Waals surface area contributed by atoms with Crippen LogP contribution in [-0.4, -0.2) is 43.3 Å². The molecule has 0 bridgehead atoms. The molecule has 3 rings (SSSR count). The highest BCUT2D eigenvalue weighted by Gasteiger charge is 2.12. The Morgan fingerprint density at radius 2 is 2.20 bits per heavy atom. The van der Waals surface area contributed by atoms with Gasteiger partial charge in [-0.05, 0) is 24.5 Å². The molecule has 8 nitrogen and oxygen atoms in total. The molecule has 0 atom stereocenters. The van der Waals surface area contributed by atoms with Crippen LogP contribution in [0, 0.1) is 0 Å². The predicted octanol–water partition coefficient (Wildman–Crippen LogP) is 1.60. The molecule has 0 unspecified atom stereocenters. The van der Waals surface area contributed by atoms with Crippen molar-refractivity contribution in [3.8, 4) is 0 Å².